The number of hydrogen-bond donors (Lipinski definition) is 1. The Hall–Kier alpha value is -1.94. The van der Waals surface area contributed by atoms with E-state index < -0.39 is 0 Å². The van der Waals surface area contributed by atoms with E-state index in [0.717, 1.165) is 23.3 Å². The van der Waals surface area contributed by atoms with Gasteiger partial charge < -0.3 is 9.84 Å². The van der Waals surface area contributed by atoms with E-state index in [2.05, 4.69) is 12.1 Å². The maximum absolute atomic E-state index is 11.2. The minimum absolute atomic E-state index is 0.123. The second-order valence-corrected chi connectivity index (χ2v) is 6.00. The van der Waals surface area contributed by atoms with Crippen molar-refractivity contribution in [2.45, 2.75) is 24.7 Å². The Morgan fingerprint density at radius 2 is 1.91 bits per heavy atom. The number of benzene rings is 2. The molecule has 22 heavy (non-hydrogen) atoms. The molecule has 0 amide bonds. The van der Waals surface area contributed by atoms with Gasteiger partial charge in [0.25, 0.3) is 0 Å². The van der Waals surface area contributed by atoms with Crippen LogP contribution in [0.3, 0.4) is 0 Å². The molecular formula is C18H20O3S. The topological polar surface area (TPSA) is 46.5 Å². The Bertz CT molecular complexity index is 608. The maximum atomic E-state index is 11.2. The zero-order chi connectivity index (χ0) is 15.8. The normalized spacial score (nSPS) is 10.4. The SMILES string of the molecule is CCOC(=O)CCCSc1ccc(-c2cccc(O)c2)cc1. The minimum atomic E-state index is -0.123. The number of rotatable bonds is 7. The predicted molar refractivity (Wildman–Crippen MR) is 90.1 cm³/mol. The molecule has 0 spiro atoms. The highest BCUT2D eigenvalue weighted by molar-refractivity contribution is 7.99. The Labute approximate surface area is 135 Å². The summed E-state index contributed by atoms with van der Waals surface area (Å²) in [5, 5.41) is 9.51. The quantitative estimate of drug-likeness (QED) is 0.464. The van der Waals surface area contributed by atoms with Crippen LogP contribution in [0.5, 0.6) is 5.75 Å². The number of carbonyl (C=O) groups is 1. The molecule has 0 aliphatic heterocycles. The Kier molecular flexibility index (Phi) is 6.34. The van der Waals surface area contributed by atoms with Crippen molar-refractivity contribution < 1.29 is 14.6 Å². The lowest BCUT2D eigenvalue weighted by Crippen LogP contribution is -2.03. The fourth-order valence-corrected chi connectivity index (χ4v) is 2.92. The van der Waals surface area contributed by atoms with Crippen molar-refractivity contribution in [3.8, 4) is 16.9 Å². The molecule has 0 fully saturated rings. The molecule has 116 valence electrons. The van der Waals surface area contributed by atoms with Crippen LogP contribution in [-0.4, -0.2) is 23.4 Å². The van der Waals surface area contributed by atoms with E-state index in [-0.39, 0.29) is 11.7 Å². The number of carbonyl (C=O) groups excluding carboxylic acids is 1. The third-order valence-electron chi connectivity index (χ3n) is 3.13. The highest BCUT2D eigenvalue weighted by Crippen LogP contribution is 2.26. The molecule has 0 saturated carbocycles. The van der Waals surface area contributed by atoms with Crippen molar-refractivity contribution in [3.05, 3.63) is 48.5 Å². The van der Waals surface area contributed by atoms with Gasteiger partial charge in [-0.3, -0.25) is 4.79 Å². The second kappa shape index (κ2) is 8.49. The van der Waals surface area contributed by atoms with Gasteiger partial charge in [-0.2, -0.15) is 0 Å². The lowest BCUT2D eigenvalue weighted by Gasteiger charge is -2.05. The molecule has 0 aliphatic rings. The molecule has 0 aliphatic carbocycles. The average molecular weight is 316 g/mol. The highest BCUT2D eigenvalue weighted by atomic mass is 32.2. The van der Waals surface area contributed by atoms with Crippen LogP contribution in [0.15, 0.2) is 53.4 Å². The van der Waals surface area contributed by atoms with Crippen molar-refractivity contribution in [1.29, 1.82) is 0 Å². The van der Waals surface area contributed by atoms with Gasteiger partial charge in [-0.1, -0.05) is 24.3 Å². The van der Waals surface area contributed by atoms with Crippen molar-refractivity contribution >= 4 is 17.7 Å². The maximum Gasteiger partial charge on any atom is 0.305 e. The monoisotopic (exact) mass is 316 g/mol. The van der Waals surface area contributed by atoms with Gasteiger partial charge in [0.2, 0.25) is 0 Å². The number of esters is 1. The fraction of sp³-hybridized carbons (Fsp3) is 0.278. The summed E-state index contributed by atoms with van der Waals surface area (Å²) in [7, 11) is 0. The van der Waals surface area contributed by atoms with E-state index in [4.69, 9.17) is 4.74 Å². The molecule has 0 aromatic heterocycles. The summed E-state index contributed by atoms with van der Waals surface area (Å²) in [5.74, 6) is 1.04. The first kappa shape index (κ1) is 16.4. The van der Waals surface area contributed by atoms with Gasteiger partial charge in [-0.15, -0.1) is 11.8 Å². The lowest BCUT2D eigenvalue weighted by molar-refractivity contribution is -0.143. The van der Waals surface area contributed by atoms with E-state index >= 15 is 0 Å². The molecule has 0 radical (unpaired) electrons. The van der Waals surface area contributed by atoms with Crippen molar-refractivity contribution in [2.75, 3.05) is 12.4 Å². The molecule has 0 atom stereocenters. The van der Waals surface area contributed by atoms with Crippen LogP contribution in [-0.2, 0) is 9.53 Å². The van der Waals surface area contributed by atoms with Crippen LogP contribution >= 0.6 is 11.8 Å². The summed E-state index contributed by atoms with van der Waals surface area (Å²) in [4.78, 5) is 12.4. The summed E-state index contributed by atoms with van der Waals surface area (Å²) in [5.41, 5.74) is 2.07. The summed E-state index contributed by atoms with van der Waals surface area (Å²) in [6, 6.07) is 15.4. The summed E-state index contributed by atoms with van der Waals surface area (Å²) >= 11 is 1.73. The first-order chi connectivity index (χ1) is 10.7. The van der Waals surface area contributed by atoms with E-state index in [1.165, 1.54) is 4.90 Å². The molecule has 2 rings (SSSR count). The summed E-state index contributed by atoms with van der Waals surface area (Å²) in [6.45, 7) is 2.27. The van der Waals surface area contributed by atoms with Gasteiger partial charge in [-0.25, -0.2) is 0 Å². The van der Waals surface area contributed by atoms with Crippen LogP contribution in [0.25, 0.3) is 11.1 Å². The first-order valence-electron chi connectivity index (χ1n) is 7.37. The average Bonchev–Trinajstić information content (AvgIpc) is 2.52. The van der Waals surface area contributed by atoms with E-state index in [0.29, 0.717) is 13.0 Å². The molecule has 0 bridgehead atoms. The molecule has 0 saturated heterocycles. The predicted octanol–water partition coefficient (Wildman–Crippen LogP) is 4.49. The van der Waals surface area contributed by atoms with Crippen LogP contribution < -0.4 is 0 Å². The van der Waals surface area contributed by atoms with Crippen LogP contribution in [0, 0.1) is 0 Å². The molecule has 2 aromatic carbocycles. The highest BCUT2D eigenvalue weighted by Gasteiger charge is 2.03. The van der Waals surface area contributed by atoms with Gasteiger partial charge >= 0.3 is 5.97 Å². The molecule has 2 aromatic rings. The van der Waals surface area contributed by atoms with E-state index in [1.54, 1.807) is 23.9 Å². The number of phenolic OH excluding ortho intramolecular Hbond substituents is 1. The Morgan fingerprint density at radius 3 is 2.59 bits per heavy atom. The van der Waals surface area contributed by atoms with Gasteiger partial charge in [0.05, 0.1) is 6.61 Å². The van der Waals surface area contributed by atoms with E-state index in [1.807, 2.05) is 31.2 Å². The molecular weight excluding hydrogens is 296 g/mol. The number of phenols is 1. The Morgan fingerprint density at radius 1 is 1.14 bits per heavy atom. The number of thioether (sulfide) groups is 1. The number of aromatic hydroxyl groups is 1. The summed E-state index contributed by atoms with van der Waals surface area (Å²) < 4.78 is 4.90. The van der Waals surface area contributed by atoms with E-state index in [9.17, 15) is 9.90 Å². The van der Waals surface area contributed by atoms with Crippen LogP contribution in [0.4, 0.5) is 0 Å². The smallest absolute Gasteiger partial charge is 0.305 e. The van der Waals surface area contributed by atoms with Gasteiger partial charge in [0, 0.05) is 11.3 Å². The third-order valence-corrected chi connectivity index (χ3v) is 4.23. The fourth-order valence-electron chi connectivity index (χ4n) is 2.07. The zero-order valence-corrected chi connectivity index (χ0v) is 13.4. The first-order valence-corrected chi connectivity index (χ1v) is 8.35. The molecule has 0 unspecified atom stereocenters. The van der Waals surface area contributed by atoms with Crippen LogP contribution in [0.2, 0.25) is 0 Å². The van der Waals surface area contributed by atoms with Gasteiger partial charge in [0.15, 0.2) is 0 Å². The van der Waals surface area contributed by atoms with Crippen molar-refractivity contribution in [1.82, 2.24) is 0 Å². The number of ether oxygens (including phenoxy) is 1. The number of hydrogen-bond acceptors (Lipinski definition) is 4. The second-order valence-electron chi connectivity index (χ2n) is 4.83. The standard InChI is InChI=1S/C18H20O3S/c1-2-21-18(20)7-4-12-22-17-10-8-14(9-11-17)15-5-3-6-16(19)13-15/h3,5-6,8-11,13,19H,2,4,7,12H2,1H3. The lowest BCUT2D eigenvalue weighted by atomic mass is 10.1. The third kappa shape index (κ3) is 5.11. The summed E-state index contributed by atoms with van der Waals surface area (Å²) in [6.07, 6.45) is 1.29. The van der Waals surface area contributed by atoms with Crippen LogP contribution in [0.1, 0.15) is 19.8 Å². The molecule has 3 nitrogen and oxygen atoms in total. The minimum Gasteiger partial charge on any atom is -0.508 e. The van der Waals surface area contributed by atoms with Gasteiger partial charge in [0.1, 0.15) is 5.75 Å². The molecule has 0 heterocycles. The molecule has 1 N–H and O–H groups in total. The Balaban J connectivity index is 1.83. The molecule has 4 heteroatoms. The zero-order valence-electron chi connectivity index (χ0n) is 12.6. The van der Waals surface area contributed by atoms with Crippen molar-refractivity contribution in [2.24, 2.45) is 0 Å². The van der Waals surface area contributed by atoms with Crippen molar-refractivity contribution in [3.63, 3.8) is 0 Å². The largest absolute Gasteiger partial charge is 0.508 e. The van der Waals surface area contributed by atoms with Gasteiger partial charge in [-0.05, 0) is 54.5 Å².